The molecule has 6 aromatic carbocycles. The molecule has 0 N–H and O–H groups in total. The molecule has 0 saturated carbocycles. The monoisotopic (exact) mass is 566 g/mol. The fraction of sp³-hybridized carbons (Fsp3) is 0.0488. The minimum Gasteiger partial charge on any atom is -0.301 e. The van der Waals surface area contributed by atoms with Crippen molar-refractivity contribution in [3.8, 4) is 45.1 Å². The van der Waals surface area contributed by atoms with Gasteiger partial charge in [0.15, 0.2) is 11.0 Å². The molecule has 0 atom stereocenters. The molecule has 0 radical (unpaired) electrons. The maximum absolute atomic E-state index is 2.52. The predicted octanol–water partition coefficient (Wildman–Crippen LogP) is 9.71. The molecule has 8 rings (SSSR count). The molecule has 3 nitrogen and oxygen atoms in total. The highest BCUT2D eigenvalue weighted by molar-refractivity contribution is 5.97. The highest BCUT2D eigenvalue weighted by Gasteiger charge is 2.33. The van der Waals surface area contributed by atoms with E-state index in [1.54, 1.807) is 0 Å². The molecule has 0 fully saturated rings. The van der Waals surface area contributed by atoms with Gasteiger partial charge in [0.1, 0.15) is 11.4 Å². The zero-order chi connectivity index (χ0) is 29.6. The molecule has 3 heteroatoms. The molecule has 0 amide bonds. The molecule has 0 aliphatic heterocycles. The van der Waals surface area contributed by atoms with Crippen LogP contribution in [0.5, 0.6) is 0 Å². The van der Waals surface area contributed by atoms with Gasteiger partial charge in [-0.05, 0) is 53.9 Å². The maximum Gasteiger partial charge on any atom is 0.312 e. The number of fused-ring (bicyclic) bond motifs is 2. The Morgan fingerprint density at radius 1 is 0.477 bits per heavy atom. The Bertz CT molecular complexity index is 2220. The first-order valence-electron chi connectivity index (χ1n) is 15.1. The van der Waals surface area contributed by atoms with Gasteiger partial charge in [0.25, 0.3) is 0 Å². The van der Waals surface area contributed by atoms with Crippen molar-refractivity contribution in [1.29, 1.82) is 0 Å². The van der Waals surface area contributed by atoms with Gasteiger partial charge in [-0.3, -0.25) is 0 Å². The van der Waals surface area contributed by atoms with E-state index >= 15 is 0 Å². The van der Waals surface area contributed by atoms with Gasteiger partial charge in [0.2, 0.25) is 0 Å². The van der Waals surface area contributed by atoms with E-state index in [0.717, 1.165) is 11.5 Å². The third-order valence-electron chi connectivity index (χ3n) is 8.80. The Labute approximate surface area is 257 Å². The highest BCUT2D eigenvalue weighted by Crippen LogP contribution is 2.43. The van der Waals surface area contributed by atoms with Gasteiger partial charge < -0.3 is 4.57 Å². The van der Waals surface area contributed by atoms with Crippen LogP contribution in [0, 0.1) is 6.92 Å². The first kappa shape index (κ1) is 26.0. The number of rotatable bonds is 5. The van der Waals surface area contributed by atoms with Gasteiger partial charge in [-0.1, -0.05) is 127 Å². The van der Waals surface area contributed by atoms with Crippen molar-refractivity contribution in [2.45, 2.75) is 6.92 Å². The average molecular weight is 567 g/mol. The van der Waals surface area contributed by atoms with E-state index < -0.39 is 0 Å². The standard InChI is InChI=1S/C41H32N3/c1-29-33-23-12-13-26-36(33)44(39(29)41-42(2)37-27-14-15-28-38(37)43(41)32-21-10-5-11-22-32)40-34(30-17-6-3-7-18-30)24-16-25-35(40)31-19-8-4-9-20-31/h3-28H,1-2H3/q+1. The SMILES string of the molecule is Cc1c(-c2n(-c3ccccc3)c3ccccc3[n+]2C)n(-c2c(-c3ccccc3)cccc2-c2ccccc2)c2ccccc12. The summed E-state index contributed by atoms with van der Waals surface area (Å²) < 4.78 is 7.29. The topological polar surface area (TPSA) is 13.7 Å². The van der Waals surface area contributed by atoms with Crippen LogP contribution >= 0.6 is 0 Å². The summed E-state index contributed by atoms with van der Waals surface area (Å²) in [5.41, 5.74) is 13.0. The van der Waals surface area contributed by atoms with Crippen molar-refractivity contribution in [1.82, 2.24) is 9.13 Å². The Morgan fingerprint density at radius 2 is 1.00 bits per heavy atom. The smallest absolute Gasteiger partial charge is 0.301 e. The number of para-hydroxylation sites is 5. The lowest BCUT2D eigenvalue weighted by atomic mass is 9.95. The fourth-order valence-electron chi connectivity index (χ4n) is 6.81. The maximum atomic E-state index is 2.52. The van der Waals surface area contributed by atoms with Crippen molar-refractivity contribution < 1.29 is 4.57 Å². The zero-order valence-corrected chi connectivity index (χ0v) is 24.9. The summed E-state index contributed by atoms with van der Waals surface area (Å²) in [6.07, 6.45) is 0. The predicted molar refractivity (Wildman–Crippen MR) is 182 cm³/mol. The molecule has 2 heterocycles. The van der Waals surface area contributed by atoms with Crippen molar-refractivity contribution in [2.75, 3.05) is 0 Å². The molecule has 0 unspecified atom stereocenters. The fourth-order valence-corrected chi connectivity index (χ4v) is 6.81. The lowest BCUT2D eigenvalue weighted by molar-refractivity contribution is -0.634. The largest absolute Gasteiger partial charge is 0.312 e. The molecule has 0 aliphatic rings. The van der Waals surface area contributed by atoms with E-state index in [9.17, 15) is 0 Å². The van der Waals surface area contributed by atoms with Gasteiger partial charge in [0, 0.05) is 16.5 Å². The lowest BCUT2D eigenvalue weighted by Gasteiger charge is -2.20. The van der Waals surface area contributed by atoms with Crippen LogP contribution in [-0.4, -0.2) is 9.13 Å². The molecule has 44 heavy (non-hydrogen) atoms. The summed E-state index contributed by atoms with van der Waals surface area (Å²) in [6.45, 7) is 2.27. The summed E-state index contributed by atoms with van der Waals surface area (Å²) in [5, 5.41) is 1.24. The summed E-state index contributed by atoms with van der Waals surface area (Å²) in [4.78, 5) is 0. The van der Waals surface area contributed by atoms with Crippen molar-refractivity contribution >= 4 is 21.9 Å². The van der Waals surface area contributed by atoms with Crippen molar-refractivity contribution in [2.24, 2.45) is 7.05 Å². The summed E-state index contributed by atoms with van der Waals surface area (Å²) in [7, 11) is 2.19. The van der Waals surface area contributed by atoms with Crippen molar-refractivity contribution in [3.05, 3.63) is 163 Å². The minimum absolute atomic E-state index is 1.13. The third-order valence-corrected chi connectivity index (χ3v) is 8.80. The van der Waals surface area contributed by atoms with E-state index in [-0.39, 0.29) is 0 Å². The lowest BCUT2D eigenvalue weighted by Crippen LogP contribution is -2.31. The number of aromatic nitrogens is 3. The van der Waals surface area contributed by atoms with Crippen LogP contribution < -0.4 is 4.57 Å². The normalized spacial score (nSPS) is 11.4. The van der Waals surface area contributed by atoms with Gasteiger partial charge in [-0.2, -0.15) is 4.57 Å². The second-order valence-corrected chi connectivity index (χ2v) is 11.3. The first-order chi connectivity index (χ1) is 21.7. The quantitative estimate of drug-likeness (QED) is 0.184. The van der Waals surface area contributed by atoms with Crippen molar-refractivity contribution in [3.63, 3.8) is 0 Å². The number of imidazole rings is 1. The van der Waals surface area contributed by atoms with Crippen LogP contribution in [0.25, 0.3) is 67.1 Å². The van der Waals surface area contributed by atoms with Gasteiger partial charge >= 0.3 is 5.82 Å². The second-order valence-electron chi connectivity index (χ2n) is 11.3. The molecular formula is C41H32N3+. The first-order valence-corrected chi connectivity index (χ1v) is 15.1. The highest BCUT2D eigenvalue weighted by atomic mass is 15.2. The molecule has 0 bridgehead atoms. The van der Waals surface area contributed by atoms with Gasteiger partial charge in [-0.25, -0.2) is 4.57 Å². The minimum atomic E-state index is 1.13. The number of nitrogens with zero attached hydrogens (tertiary/aromatic N) is 3. The summed E-state index contributed by atoms with van der Waals surface area (Å²) >= 11 is 0. The molecular weight excluding hydrogens is 534 g/mol. The summed E-state index contributed by atoms with van der Waals surface area (Å²) in [6, 6.07) is 56.5. The second kappa shape index (κ2) is 10.6. The van der Waals surface area contributed by atoms with Gasteiger partial charge in [-0.15, -0.1) is 0 Å². The Kier molecular flexibility index (Phi) is 6.23. The molecule has 0 saturated heterocycles. The number of aryl methyl sites for hydroxylation is 2. The number of hydrogen-bond acceptors (Lipinski definition) is 0. The van der Waals surface area contributed by atoms with E-state index in [2.05, 4.69) is 185 Å². The molecule has 0 aliphatic carbocycles. The van der Waals surface area contributed by atoms with Crippen LogP contribution in [0.1, 0.15) is 5.56 Å². The Morgan fingerprint density at radius 3 is 1.64 bits per heavy atom. The van der Waals surface area contributed by atoms with E-state index in [4.69, 9.17) is 0 Å². The van der Waals surface area contributed by atoms with Crippen LogP contribution in [0.3, 0.4) is 0 Å². The average Bonchev–Trinajstić information content (AvgIpc) is 3.55. The van der Waals surface area contributed by atoms with Gasteiger partial charge in [0.05, 0.1) is 18.3 Å². The van der Waals surface area contributed by atoms with Crippen LogP contribution in [0.15, 0.2) is 158 Å². The number of hydrogen-bond donors (Lipinski definition) is 0. The van der Waals surface area contributed by atoms with E-state index in [1.807, 2.05) is 0 Å². The number of benzene rings is 6. The Hall–Kier alpha value is -5.67. The van der Waals surface area contributed by atoms with Crippen LogP contribution in [0.2, 0.25) is 0 Å². The third kappa shape index (κ3) is 4.01. The van der Waals surface area contributed by atoms with Crippen LogP contribution in [0.4, 0.5) is 0 Å². The summed E-state index contributed by atoms with van der Waals surface area (Å²) in [5.74, 6) is 1.13. The molecule has 8 aromatic rings. The van der Waals surface area contributed by atoms with E-state index in [1.165, 1.54) is 61.1 Å². The molecule has 0 spiro atoms. The zero-order valence-electron chi connectivity index (χ0n) is 24.9. The van der Waals surface area contributed by atoms with E-state index in [0.29, 0.717) is 0 Å². The van der Waals surface area contributed by atoms with Crippen LogP contribution in [-0.2, 0) is 7.05 Å². The molecule has 2 aromatic heterocycles. The Balaban J connectivity index is 1.58. The molecule has 210 valence electrons.